The first-order chi connectivity index (χ1) is 12.2. The molecular weight excluding hydrogens is 320 g/mol. The number of ether oxygens (including phenoxy) is 2. The van der Waals surface area contributed by atoms with Gasteiger partial charge in [0.1, 0.15) is 5.76 Å². The minimum atomic E-state index is -0.142. The fourth-order valence-corrected chi connectivity index (χ4v) is 3.21. The van der Waals surface area contributed by atoms with E-state index in [4.69, 9.17) is 13.9 Å². The Labute approximate surface area is 147 Å². The van der Waals surface area contributed by atoms with Crippen LogP contribution in [0.15, 0.2) is 41.0 Å². The van der Waals surface area contributed by atoms with Crippen molar-refractivity contribution in [3.05, 3.63) is 47.9 Å². The molecule has 134 valence electrons. The van der Waals surface area contributed by atoms with Gasteiger partial charge in [0.2, 0.25) is 0 Å². The predicted molar refractivity (Wildman–Crippen MR) is 94.1 cm³/mol. The van der Waals surface area contributed by atoms with Crippen LogP contribution in [0.4, 0.5) is 0 Å². The fourth-order valence-electron chi connectivity index (χ4n) is 3.21. The molecule has 25 heavy (non-hydrogen) atoms. The van der Waals surface area contributed by atoms with Gasteiger partial charge in [-0.05, 0) is 56.3 Å². The lowest BCUT2D eigenvalue weighted by molar-refractivity contribution is 0.0933. The second-order valence-corrected chi connectivity index (χ2v) is 6.05. The Morgan fingerprint density at radius 2 is 1.96 bits per heavy atom. The molecule has 1 aliphatic heterocycles. The molecule has 0 radical (unpaired) electrons. The lowest BCUT2D eigenvalue weighted by atomic mass is 10.1. The largest absolute Gasteiger partial charge is 0.493 e. The molecule has 6 nitrogen and oxygen atoms in total. The summed E-state index contributed by atoms with van der Waals surface area (Å²) in [6.07, 6.45) is 4.04. The van der Waals surface area contributed by atoms with Crippen molar-refractivity contribution in [2.75, 3.05) is 33.9 Å². The standard InChI is InChI=1S/C19H24N2O4/c1-23-17-8-7-14(12-18(17)24-2)19(22)20-13-15(16-6-5-11-25-16)21-9-3-4-10-21/h5-8,11-12,15H,3-4,9-10,13H2,1-2H3,(H,20,22). The number of carbonyl (C=O) groups is 1. The number of benzene rings is 1. The Balaban J connectivity index is 1.69. The second-order valence-electron chi connectivity index (χ2n) is 6.05. The molecule has 0 saturated carbocycles. The van der Waals surface area contributed by atoms with E-state index in [2.05, 4.69) is 10.2 Å². The second kappa shape index (κ2) is 8.07. The number of likely N-dealkylation sites (tertiary alicyclic amines) is 1. The normalized spacial score (nSPS) is 15.8. The first kappa shape index (κ1) is 17.4. The SMILES string of the molecule is COc1ccc(C(=O)NCC(c2ccco2)N2CCCC2)cc1OC. The molecule has 3 rings (SSSR count). The monoisotopic (exact) mass is 344 g/mol. The van der Waals surface area contributed by atoms with Crippen molar-refractivity contribution in [1.82, 2.24) is 10.2 Å². The quantitative estimate of drug-likeness (QED) is 0.837. The summed E-state index contributed by atoms with van der Waals surface area (Å²) in [5, 5.41) is 3.02. The first-order valence-electron chi connectivity index (χ1n) is 8.50. The van der Waals surface area contributed by atoms with Crippen molar-refractivity contribution >= 4 is 5.91 Å². The molecule has 0 bridgehead atoms. The van der Waals surface area contributed by atoms with Crippen LogP contribution < -0.4 is 14.8 Å². The Kier molecular flexibility index (Phi) is 5.60. The molecule has 6 heteroatoms. The molecule has 1 aromatic carbocycles. The van der Waals surface area contributed by atoms with Crippen LogP contribution in [0.2, 0.25) is 0 Å². The molecule has 1 amide bonds. The van der Waals surface area contributed by atoms with Gasteiger partial charge in [0, 0.05) is 12.1 Å². The van der Waals surface area contributed by atoms with Crippen molar-refractivity contribution in [1.29, 1.82) is 0 Å². The molecule has 1 aliphatic rings. The maximum atomic E-state index is 12.5. The number of carbonyl (C=O) groups excluding carboxylic acids is 1. The van der Waals surface area contributed by atoms with Gasteiger partial charge in [-0.1, -0.05) is 0 Å². The molecular formula is C19H24N2O4. The van der Waals surface area contributed by atoms with E-state index in [9.17, 15) is 4.79 Å². The summed E-state index contributed by atoms with van der Waals surface area (Å²) in [7, 11) is 3.13. The van der Waals surface area contributed by atoms with Crippen LogP contribution in [0.3, 0.4) is 0 Å². The van der Waals surface area contributed by atoms with E-state index in [1.54, 1.807) is 38.7 Å². The summed E-state index contributed by atoms with van der Waals surface area (Å²) >= 11 is 0. The highest BCUT2D eigenvalue weighted by atomic mass is 16.5. The number of hydrogen-bond donors (Lipinski definition) is 1. The van der Waals surface area contributed by atoms with Gasteiger partial charge >= 0.3 is 0 Å². The van der Waals surface area contributed by atoms with Gasteiger partial charge in [0.05, 0.1) is 26.5 Å². The highest BCUT2D eigenvalue weighted by molar-refractivity contribution is 5.94. The molecule has 2 aromatic rings. The Hall–Kier alpha value is -2.47. The predicted octanol–water partition coefficient (Wildman–Crippen LogP) is 2.86. The average Bonchev–Trinajstić information content (AvgIpc) is 3.35. The number of rotatable bonds is 7. The van der Waals surface area contributed by atoms with Crippen LogP contribution >= 0.6 is 0 Å². The molecule has 2 heterocycles. The Bertz CT molecular complexity index is 693. The number of furan rings is 1. The average molecular weight is 344 g/mol. The van der Waals surface area contributed by atoms with Crippen molar-refractivity contribution < 1.29 is 18.7 Å². The van der Waals surface area contributed by atoms with Gasteiger partial charge in [-0.25, -0.2) is 0 Å². The fraction of sp³-hybridized carbons (Fsp3) is 0.421. The summed E-state index contributed by atoms with van der Waals surface area (Å²) in [5.74, 6) is 1.88. The first-order valence-corrected chi connectivity index (χ1v) is 8.50. The van der Waals surface area contributed by atoms with Crippen molar-refractivity contribution in [3.8, 4) is 11.5 Å². The number of nitrogens with one attached hydrogen (secondary N) is 1. The van der Waals surface area contributed by atoms with Gasteiger partial charge in [-0.2, -0.15) is 0 Å². The molecule has 1 atom stereocenters. The highest BCUT2D eigenvalue weighted by Crippen LogP contribution is 2.28. The van der Waals surface area contributed by atoms with Crippen LogP contribution in [0, 0.1) is 0 Å². The molecule has 1 fully saturated rings. The summed E-state index contributed by atoms with van der Waals surface area (Å²) in [4.78, 5) is 14.9. The zero-order chi connectivity index (χ0) is 17.6. The molecule has 0 spiro atoms. The third-order valence-electron chi connectivity index (χ3n) is 4.55. The highest BCUT2D eigenvalue weighted by Gasteiger charge is 2.26. The molecule has 1 aromatic heterocycles. The van der Waals surface area contributed by atoms with Crippen molar-refractivity contribution in [2.24, 2.45) is 0 Å². The third-order valence-corrected chi connectivity index (χ3v) is 4.55. The van der Waals surface area contributed by atoms with Crippen LogP contribution in [0.1, 0.15) is 35.0 Å². The Morgan fingerprint density at radius 3 is 2.60 bits per heavy atom. The summed E-state index contributed by atoms with van der Waals surface area (Å²) in [6.45, 7) is 2.55. The number of methoxy groups -OCH3 is 2. The zero-order valence-corrected chi connectivity index (χ0v) is 14.7. The van der Waals surface area contributed by atoms with Gasteiger partial charge < -0.3 is 19.2 Å². The van der Waals surface area contributed by atoms with Gasteiger partial charge in [0.15, 0.2) is 11.5 Å². The van der Waals surface area contributed by atoms with Crippen LogP contribution in [-0.2, 0) is 0 Å². The van der Waals surface area contributed by atoms with E-state index < -0.39 is 0 Å². The maximum Gasteiger partial charge on any atom is 0.251 e. The molecule has 1 saturated heterocycles. The topological polar surface area (TPSA) is 63.9 Å². The lowest BCUT2D eigenvalue weighted by Gasteiger charge is -2.26. The van der Waals surface area contributed by atoms with E-state index in [0.717, 1.165) is 18.8 Å². The van der Waals surface area contributed by atoms with E-state index >= 15 is 0 Å². The summed E-state index contributed by atoms with van der Waals surface area (Å²) in [5.41, 5.74) is 0.539. The van der Waals surface area contributed by atoms with Crippen molar-refractivity contribution in [3.63, 3.8) is 0 Å². The smallest absolute Gasteiger partial charge is 0.251 e. The lowest BCUT2D eigenvalue weighted by Crippen LogP contribution is -2.36. The van der Waals surface area contributed by atoms with Gasteiger partial charge in [-0.15, -0.1) is 0 Å². The number of amides is 1. The van der Waals surface area contributed by atoms with Gasteiger partial charge in [0.25, 0.3) is 5.91 Å². The summed E-state index contributed by atoms with van der Waals surface area (Å²) < 4.78 is 16.1. The maximum absolute atomic E-state index is 12.5. The minimum Gasteiger partial charge on any atom is -0.493 e. The van der Waals surface area contributed by atoms with Crippen molar-refractivity contribution in [2.45, 2.75) is 18.9 Å². The number of hydrogen-bond acceptors (Lipinski definition) is 5. The molecule has 1 unspecified atom stereocenters. The van der Waals surface area contributed by atoms with E-state index in [1.807, 2.05) is 12.1 Å². The van der Waals surface area contributed by atoms with Crippen LogP contribution in [0.25, 0.3) is 0 Å². The van der Waals surface area contributed by atoms with Gasteiger partial charge in [-0.3, -0.25) is 9.69 Å². The minimum absolute atomic E-state index is 0.0570. The van der Waals surface area contributed by atoms with E-state index in [1.165, 1.54) is 12.8 Å². The van der Waals surface area contributed by atoms with Crippen LogP contribution in [-0.4, -0.2) is 44.7 Å². The summed E-state index contributed by atoms with van der Waals surface area (Å²) in [6, 6.07) is 9.06. The third kappa shape index (κ3) is 3.96. The number of nitrogens with zero attached hydrogens (tertiary/aromatic N) is 1. The Morgan fingerprint density at radius 1 is 1.20 bits per heavy atom. The van der Waals surface area contributed by atoms with E-state index in [-0.39, 0.29) is 11.9 Å². The zero-order valence-electron chi connectivity index (χ0n) is 14.7. The van der Waals surface area contributed by atoms with E-state index in [0.29, 0.717) is 23.6 Å². The molecule has 1 N–H and O–H groups in total. The van der Waals surface area contributed by atoms with Crippen LogP contribution in [0.5, 0.6) is 11.5 Å². The molecule has 0 aliphatic carbocycles.